The van der Waals surface area contributed by atoms with Crippen molar-refractivity contribution >= 4 is 40.7 Å². The van der Waals surface area contributed by atoms with Gasteiger partial charge in [0.25, 0.3) is 5.91 Å². The highest BCUT2D eigenvalue weighted by atomic mass is 35.5. The number of nitrogens with one attached hydrogen (secondary N) is 1. The first-order valence-electron chi connectivity index (χ1n) is 11.9. The van der Waals surface area contributed by atoms with Gasteiger partial charge in [-0.25, -0.2) is 4.99 Å². The summed E-state index contributed by atoms with van der Waals surface area (Å²) >= 11 is 12.3. The SMILES string of the molecule is [N-]=[N+]=Nc1ccccc1C[C@]1(C(=O)NCc2ccc(Cl)cc2Cl)COC(c2ccc(OCCCO)cc2)=N1. The zero-order chi connectivity index (χ0) is 27.0. The molecule has 0 aliphatic carbocycles. The molecule has 0 radical (unpaired) electrons. The zero-order valence-electron chi connectivity index (χ0n) is 20.3. The number of hydrogen-bond donors (Lipinski definition) is 2. The fourth-order valence-electron chi connectivity index (χ4n) is 3.96. The van der Waals surface area contributed by atoms with Crippen LogP contribution in [0.5, 0.6) is 5.75 Å². The van der Waals surface area contributed by atoms with Gasteiger partial charge in [0.15, 0.2) is 5.54 Å². The number of carbonyl (C=O) groups excluding carboxylic acids is 1. The normalized spacial score (nSPS) is 16.2. The van der Waals surface area contributed by atoms with Crippen molar-refractivity contribution in [2.24, 2.45) is 10.1 Å². The molecule has 3 aromatic rings. The van der Waals surface area contributed by atoms with E-state index in [-0.39, 0.29) is 32.1 Å². The standard InChI is InChI=1S/C27H25Cl2N5O4/c28-21-9-6-20(23(29)14-21)16-31-26(36)27(15-19-4-1-2-5-24(19)33-34-30)17-38-25(32-27)18-7-10-22(11-8-18)37-13-3-12-35/h1-2,4-11,14,35H,3,12-13,15-17H2,(H,31,36)/t27-/m1/s1. The molecule has 0 saturated heterocycles. The van der Waals surface area contributed by atoms with E-state index in [4.69, 9.17) is 48.3 Å². The average molecular weight is 554 g/mol. The molecule has 11 heteroatoms. The molecule has 0 saturated carbocycles. The van der Waals surface area contributed by atoms with Crippen LogP contribution in [-0.4, -0.2) is 42.3 Å². The summed E-state index contributed by atoms with van der Waals surface area (Å²) in [5.74, 6) is 0.596. The number of rotatable bonds is 11. The Balaban J connectivity index is 1.62. The van der Waals surface area contributed by atoms with E-state index in [0.29, 0.717) is 57.1 Å². The second-order valence-corrected chi connectivity index (χ2v) is 9.44. The molecular formula is C27H25Cl2N5O4. The highest BCUT2D eigenvalue weighted by Gasteiger charge is 2.44. The van der Waals surface area contributed by atoms with Crippen molar-refractivity contribution in [1.82, 2.24) is 5.32 Å². The van der Waals surface area contributed by atoms with E-state index in [0.717, 1.165) is 0 Å². The Kier molecular flexibility index (Phi) is 9.10. The van der Waals surface area contributed by atoms with Crippen LogP contribution in [0.4, 0.5) is 5.69 Å². The van der Waals surface area contributed by atoms with E-state index in [9.17, 15) is 4.79 Å². The Morgan fingerprint density at radius 3 is 2.68 bits per heavy atom. The van der Waals surface area contributed by atoms with Gasteiger partial charge in [0.1, 0.15) is 12.4 Å². The largest absolute Gasteiger partial charge is 0.494 e. The lowest BCUT2D eigenvalue weighted by Gasteiger charge is -2.24. The molecule has 0 fully saturated rings. The maximum Gasteiger partial charge on any atom is 0.252 e. The van der Waals surface area contributed by atoms with Gasteiger partial charge >= 0.3 is 0 Å². The van der Waals surface area contributed by atoms with Gasteiger partial charge in [-0.2, -0.15) is 0 Å². The number of aliphatic hydroxyl groups is 1. The quantitative estimate of drug-likeness (QED) is 0.135. The monoisotopic (exact) mass is 553 g/mol. The van der Waals surface area contributed by atoms with Gasteiger partial charge in [-0.3, -0.25) is 4.79 Å². The number of hydrogen-bond acceptors (Lipinski definition) is 6. The third-order valence-electron chi connectivity index (χ3n) is 5.94. The van der Waals surface area contributed by atoms with Crippen LogP contribution in [0, 0.1) is 0 Å². The van der Waals surface area contributed by atoms with Crippen LogP contribution in [0.2, 0.25) is 10.0 Å². The van der Waals surface area contributed by atoms with Crippen LogP contribution < -0.4 is 10.1 Å². The average Bonchev–Trinajstić information content (AvgIpc) is 3.35. The van der Waals surface area contributed by atoms with Crippen LogP contribution in [0.1, 0.15) is 23.1 Å². The minimum Gasteiger partial charge on any atom is -0.494 e. The van der Waals surface area contributed by atoms with Crippen molar-refractivity contribution < 1.29 is 19.4 Å². The van der Waals surface area contributed by atoms with Gasteiger partial charge in [0.2, 0.25) is 5.90 Å². The Morgan fingerprint density at radius 1 is 1.16 bits per heavy atom. The van der Waals surface area contributed by atoms with E-state index in [2.05, 4.69) is 15.3 Å². The van der Waals surface area contributed by atoms with E-state index in [1.165, 1.54) is 0 Å². The molecule has 1 heterocycles. The number of amides is 1. The van der Waals surface area contributed by atoms with Crippen molar-refractivity contribution in [1.29, 1.82) is 0 Å². The number of ether oxygens (including phenoxy) is 2. The van der Waals surface area contributed by atoms with Crippen molar-refractivity contribution in [3.63, 3.8) is 0 Å². The summed E-state index contributed by atoms with van der Waals surface area (Å²) in [7, 11) is 0. The van der Waals surface area contributed by atoms with Crippen molar-refractivity contribution in [3.05, 3.63) is 104 Å². The Bertz CT molecular complexity index is 1380. The number of nitrogens with zero attached hydrogens (tertiary/aromatic N) is 4. The molecule has 0 aromatic heterocycles. The first-order chi connectivity index (χ1) is 18.4. The molecule has 1 amide bonds. The Hall–Kier alpha value is -3.75. The summed E-state index contributed by atoms with van der Waals surface area (Å²) in [5, 5.41) is 16.6. The zero-order valence-corrected chi connectivity index (χ0v) is 21.8. The molecule has 1 aliphatic heterocycles. The van der Waals surface area contributed by atoms with Gasteiger partial charge in [-0.15, -0.1) is 0 Å². The first-order valence-corrected chi connectivity index (χ1v) is 12.6. The minimum atomic E-state index is -1.31. The van der Waals surface area contributed by atoms with E-state index >= 15 is 0 Å². The van der Waals surface area contributed by atoms with E-state index in [1.54, 1.807) is 66.7 Å². The van der Waals surface area contributed by atoms with Crippen LogP contribution in [0.15, 0.2) is 76.8 Å². The second-order valence-electron chi connectivity index (χ2n) is 8.60. The number of azide groups is 1. The van der Waals surface area contributed by atoms with Crippen molar-refractivity contribution in [3.8, 4) is 5.75 Å². The van der Waals surface area contributed by atoms with Crippen molar-refractivity contribution in [2.45, 2.75) is 24.9 Å². The molecule has 38 heavy (non-hydrogen) atoms. The summed E-state index contributed by atoms with van der Waals surface area (Å²) < 4.78 is 11.5. The minimum absolute atomic E-state index is 0.0120. The summed E-state index contributed by atoms with van der Waals surface area (Å²) in [6.07, 6.45) is 0.683. The van der Waals surface area contributed by atoms with E-state index < -0.39 is 5.54 Å². The highest BCUT2D eigenvalue weighted by molar-refractivity contribution is 6.35. The molecule has 0 unspecified atom stereocenters. The summed E-state index contributed by atoms with van der Waals surface area (Å²) in [4.78, 5) is 21.3. The Labute approximate surface area is 229 Å². The molecule has 2 N–H and O–H groups in total. The molecule has 0 spiro atoms. The van der Waals surface area contributed by atoms with E-state index in [1.807, 2.05) is 0 Å². The number of benzene rings is 3. The number of carbonyl (C=O) groups is 1. The molecule has 196 valence electrons. The topological polar surface area (TPSA) is 129 Å². The number of halogens is 2. The van der Waals surface area contributed by atoms with Gasteiger partial charge < -0.3 is 19.9 Å². The molecule has 0 bridgehead atoms. The smallest absolute Gasteiger partial charge is 0.252 e. The van der Waals surface area contributed by atoms with Gasteiger partial charge in [0, 0.05) is 52.2 Å². The lowest BCUT2D eigenvalue weighted by molar-refractivity contribution is -0.126. The maximum absolute atomic E-state index is 13.7. The van der Waals surface area contributed by atoms with Gasteiger partial charge in [-0.1, -0.05) is 58.6 Å². The third-order valence-corrected chi connectivity index (χ3v) is 6.53. The molecule has 3 aromatic carbocycles. The third kappa shape index (κ3) is 6.57. The molecule has 1 aliphatic rings. The Morgan fingerprint density at radius 2 is 1.95 bits per heavy atom. The molecule has 4 rings (SSSR count). The molecule has 1 atom stereocenters. The number of aliphatic imine (C=N–C) groups is 1. The lowest BCUT2D eigenvalue weighted by Crippen LogP contribution is -2.48. The summed E-state index contributed by atoms with van der Waals surface area (Å²) in [6.45, 7) is 0.611. The number of aliphatic hydroxyl groups excluding tert-OH is 1. The first kappa shape index (κ1) is 27.3. The van der Waals surface area contributed by atoms with Crippen LogP contribution in [0.3, 0.4) is 0 Å². The summed E-state index contributed by atoms with van der Waals surface area (Å²) in [5.41, 5.74) is 10.1. The maximum atomic E-state index is 13.7. The van der Waals surface area contributed by atoms with Crippen LogP contribution in [0.25, 0.3) is 10.4 Å². The van der Waals surface area contributed by atoms with Gasteiger partial charge in [0.05, 0.1) is 6.61 Å². The van der Waals surface area contributed by atoms with Crippen LogP contribution in [-0.2, 0) is 22.5 Å². The lowest BCUT2D eigenvalue weighted by atomic mass is 9.90. The van der Waals surface area contributed by atoms with Crippen molar-refractivity contribution in [2.75, 3.05) is 19.8 Å². The van der Waals surface area contributed by atoms with Gasteiger partial charge in [-0.05, 0) is 53.1 Å². The fourth-order valence-corrected chi connectivity index (χ4v) is 4.43. The summed E-state index contributed by atoms with van der Waals surface area (Å²) in [6, 6.07) is 19.2. The molecule has 9 nitrogen and oxygen atoms in total. The predicted molar refractivity (Wildman–Crippen MR) is 146 cm³/mol. The fraction of sp³-hybridized carbons (Fsp3) is 0.259. The van der Waals surface area contributed by atoms with Crippen LogP contribution >= 0.6 is 23.2 Å². The second kappa shape index (κ2) is 12.7. The predicted octanol–water partition coefficient (Wildman–Crippen LogP) is 5.77. The highest BCUT2D eigenvalue weighted by Crippen LogP contribution is 2.31. The molecular weight excluding hydrogens is 529 g/mol.